The van der Waals surface area contributed by atoms with Crippen molar-refractivity contribution >= 4 is 11.7 Å². The Kier molecular flexibility index (Phi) is 4.49. The molecule has 2 aromatic heterocycles. The van der Waals surface area contributed by atoms with Crippen molar-refractivity contribution in [2.75, 3.05) is 24.5 Å². The van der Waals surface area contributed by atoms with Crippen LogP contribution in [0.4, 0.5) is 10.2 Å². The van der Waals surface area contributed by atoms with Crippen LogP contribution in [0.15, 0.2) is 47.1 Å². The molecule has 2 fully saturated rings. The molecule has 4 heterocycles. The van der Waals surface area contributed by atoms with Crippen molar-refractivity contribution in [2.24, 2.45) is 11.8 Å². The van der Waals surface area contributed by atoms with Gasteiger partial charge in [-0.3, -0.25) is 4.79 Å². The second-order valence-corrected chi connectivity index (χ2v) is 8.11. The third-order valence-corrected chi connectivity index (χ3v) is 6.20. The zero-order valence-corrected chi connectivity index (χ0v) is 16.8. The summed E-state index contributed by atoms with van der Waals surface area (Å²) in [5, 5.41) is 12.2. The number of carbonyl (C=O) groups excluding carboxylic acids is 1. The largest absolute Gasteiger partial charge is 0.361 e. The molecule has 0 N–H and O–H groups in total. The number of likely N-dealkylation sites (tertiary alicyclic amines) is 1. The predicted octanol–water partition coefficient (Wildman–Crippen LogP) is 3.17. The minimum absolute atomic E-state index is 0.126. The lowest BCUT2D eigenvalue weighted by atomic mass is 9.89. The van der Waals surface area contributed by atoms with Gasteiger partial charge in [0.05, 0.1) is 17.9 Å². The second kappa shape index (κ2) is 7.19. The number of carbonyl (C=O) groups is 1. The molecule has 0 radical (unpaired) electrons. The lowest BCUT2D eigenvalue weighted by Crippen LogP contribution is -2.36. The maximum atomic E-state index is 14.1. The summed E-state index contributed by atoms with van der Waals surface area (Å²) in [5.74, 6) is 1.32. The Hall–Kier alpha value is -3.29. The van der Waals surface area contributed by atoms with Crippen LogP contribution in [0, 0.1) is 31.5 Å². The number of rotatable bonds is 3. The van der Waals surface area contributed by atoms with Crippen molar-refractivity contribution < 1.29 is 13.7 Å². The number of amides is 1. The van der Waals surface area contributed by atoms with Gasteiger partial charge in [0.25, 0.3) is 5.91 Å². The number of aromatic nitrogens is 3. The first-order chi connectivity index (χ1) is 14.5. The van der Waals surface area contributed by atoms with Gasteiger partial charge in [-0.05, 0) is 43.7 Å². The number of benzene rings is 1. The lowest BCUT2D eigenvalue weighted by molar-refractivity contribution is 0.0713. The van der Waals surface area contributed by atoms with E-state index in [4.69, 9.17) is 4.52 Å². The van der Waals surface area contributed by atoms with Gasteiger partial charge in [0.15, 0.2) is 5.82 Å². The monoisotopic (exact) mass is 407 g/mol. The van der Waals surface area contributed by atoms with Crippen molar-refractivity contribution in [2.45, 2.75) is 19.9 Å². The fourth-order valence-electron chi connectivity index (χ4n) is 4.78. The standard InChI is InChI=1S/C22H22FN5O2/c1-13-6-7-20(26-25-13)27-10-16-11-28(22(29)18-9-24-30-14(18)2)21(19(16)12-27)15-4-3-5-17(23)8-15/h3-9,16,19,21H,10-12H2,1-2H3/t16-,19-,21-/m0/s1. The maximum Gasteiger partial charge on any atom is 0.259 e. The van der Waals surface area contributed by atoms with Crippen LogP contribution in [0.5, 0.6) is 0 Å². The molecule has 1 aromatic carbocycles. The fraction of sp³-hybridized carbons (Fsp3) is 0.364. The molecule has 5 rings (SSSR count). The minimum Gasteiger partial charge on any atom is -0.361 e. The molecule has 2 saturated heterocycles. The average molecular weight is 407 g/mol. The summed E-state index contributed by atoms with van der Waals surface area (Å²) in [6.45, 7) is 5.74. The van der Waals surface area contributed by atoms with E-state index < -0.39 is 0 Å². The van der Waals surface area contributed by atoms with E-state index in [0.717, 1.165) is 30.2 Å². The molecule has 1 amide bonds. The molecule has 0 unspecified atom stereocenters. The van der Waals surface area contributed by atoms with Crippen LogP contribution in [0.3, 0.4) is 0 Å². The van der Waals surface area contributed by atoms with Crippen molar-refractivity contribution in [3.05, 3.63) is 71.0 Å². The number of fused-ring (bicyclic) bond motifs is 1. The van der Waals surface area contributed by atoms with Gasteiger partial charge >= 0.3 is 0 Å². The fourth-order valence-corrected chi connectivity index (χ4v) is 4.78. The van der Waals surface area contributed by atoms with E-state index in [0.29, 0.717) is 17.9 Å². The van der Waals surface area contributed by atoms with Gasteiger partial charge in [-0.2, -0.15) is 5.10 Å². The highest BCUT2D eigenvalue weighted by Crippen LogP contribution is 2.46. The first-order valence-electron chi connectivity index (χ1n) is 10.0. The van der Waals surface area contributed by atoms with E-state index in [-0.39, 0.29) is 29.6 Å². The van der Waals surface area contributed by atoms with Crippen LogP contribution in [0.1, 0.15) is 33.4 Å². The van der Waals surface area contributed by atoms with Crippen molar-refractivity contribution in [3.8, 4) is 0 Å². The molecule has 0 spiro atoms. The Morgan fingerprint density at radius 2 is 2.00 bits per heavy atom. The maximum absolute atomic E-state index is 14.1. The highest BCUT2D eigenvalue weighted by Gasteiger charge is 2.50. The van der Waals surface area contributed by atoms with E-state index in [2.05, 4.69) is 20.3 Å². The number of nitrogens with zero attached hydrogens (tertiary/aromatic N) is 5. The first kappa shape index (κ1) is 18.7. The second-order valence-electron chi connectivity index (χ2n) is 8.11. The number of halogens is 1. The third kappa shape index (κ3) is 3.12. The summed E-state index contributed by atoms with van der Waals surface area (Å²) < 4.78 is 19.2. The molecule has 2 aliphatic heterocycles. The Morgan fingerprint density at radius 3 is 2.70 bits per heavy atom. The Labute approximate surface area is 173 Å². The summed E-state index contributed by atoms with van der Waals surface area (Å²) >= 11 is 0. The lowest BCUT2D eigenvalue weighted by Gasteiger charge is -2.30. The highest BCUT2D eigenvalue weighted by atomic mass is 19.1. The van der Waals surface area contributed by atoms with Crippen LogP contribution in [0.2, 0.25) is 0 Å². The van der Waals surface area contributed by atoms with Crippen LogP contribution in [-0.2, 0) is 0 Å². The molecule has 2 aliphatic rings. The topological polar surface area (TPSA) is 75.4 Å². The SMILES string of the molecule is Cc1ccc(N2C[C@H]3CN(C(=O)c4cnoc4C)[C@@H](c4cccc(F)c4)[C@H]3C2)nn1. The first-order valence-corrected chi connectivity index (χ1v) is 10.0. The molecule has 8 heteroatoms. The van der Waals surface area contributed by atoms with Crippen LogP contribution >= 0.6 is 0 Å². The quantitative estimate of drug-likeness (QED) is 0.664. The number of anilines is 1. The molecule has 3 atom stereocenters. The van der Waals surface area contributed by atoms with Gasteiger partial charge in [0.1, 0.15) is 17.1 Å². The summed E-state index contributed by atoms with van der Waals surface area (Å²) in [7, 11) is 0. The van der Waals surface area contributed by atoms with Gasteiger partial charge in [0.2, 0.25) is 0 Å². The van der Waals surface area contributed by atoms with Gasteiger partial charge in [-0.25, -0.2) is 4.39 Å². The average Bonchev–Trinajstić information content (AvgIpc) is 3.42. The van der Waals surface area contributed by atoms with E-state index in [1.165, 1.54) is 18.3 Å². The number of aryl methyl sites for hydroxylation is 2. The molecular weight excluding hydrogens is 385 g/mol. The number of hydrogen-bond acceptors (Lipinski definition) is 6. The normalized spacial score (nSPS) is 23.1. The predicted molar refractivity (Wildman–Crippen MR) is 107 cm³/mol. The van der Waals surface area contributed by atoms with Gasteiger partial charge in [-0.15, -0.1) is 5.10 Å². The third-order valence-electron chi connectivity index (χ3n) is 6.20. The van der Waals surface area contributed by atoms with Crippen molar-refractivity contribution in [1.29, 1.82) is 0 Å². The highest BCUT2D eigenvalue weighted by molar-refractivity contribution is 5.95. The zero-order valence-electron chi connectivity index (χ0n) is 16.8. The van der Waals surface area contributed by atoms with Crippen LogP contribution in [-0.4, -0.2) is 45.8 Å². The molecular formula is C22H22FN5O2. The molecule has 0 saturated carbocycles. The smallest absolute Gasteiger partial charge is 0.259 e. The van der Waals surface area contributed by atoms with E-state index in [1.54, 1.807) is 13.0 Å². The van der Waals surface area contributed by atoms with Crippen molar-refractivity contribution in [3.63, 3.8) is 0 Å². The molecule has 7 nitrogen and oxygen atoms in total. The Morgan fingerprint density at radius 1 is 1.13 bits per heavy atom. The van der Waals surface area contributed by atoms with Gasteiger partial charge in [0, 0.05) is 31.5 Å². The van der Waals surface area contributed by atoms with Crippen LogP contribution < -0.4 is 4.90 Å². The Balaban J connectivity index is 1.48. The molecule has 3 aromatic rings. The van der Waals surface area contributed by atoms with E-state index >= 15 is 0 Å². The minimum atomic E-state index is -0.302. The van der Waals surface area contributed by atoms with Gasteiger partial charge < -0.3 is 14.3 Å². The van der Waals surface area contributed by atoms with E-state index in [1.807, 2.05) is 30.0 Å². The zero-order chi connectivity index (χ0) is 20.8. The number of hydrogen-bond donors (Lipinski definition) is 0. The molecule has 0 aliphatic carbocycles. The van der Waals surface area contributed by atoms with Crippen molar-refractivity contribution in [1.82, 2.24) is 20.3 Å². The summed E-state index contributed by atoms with van der Waals surface area (Å²) in [6, 6.07) is 10.2. The Bertz CT molecular complexity index is 1080. The molecule has 30 heavy (non-hydrogen) atoms. The van der Waals surface area contributed by atoms with E-state index in [9.17, 15) is 9.18 Å². The van der Waals surface area contributed by atoms with Gasteiger partial charge in [-0.1, -0.05) is 17.3 Å². The summed E-state index contributed by atoms with van der Waals surface area (Å²) in [6.07, 6.45) is 1.46. The summed E-state index contributed by atoms with van der Waals surface area (Å²) in [4.78, 5) is 17.4. The molecule has 154 valence electrons. The van der Waals surface area contributed by atoms with Crippen LogP contribution in [0.25, 0.3) is 0 Å². The summed E-state index contributed by atoms with van der Waals surface area (Å²) in [5.41, 5.74) is 2.14. The molecule has 0 bridgehead atoms.